The number of alkyl carbamates (subject to hydrolysis) is 1. The van der Waals surface area contributed by atoms with Gasteiger partial charge in [-0.05, 0) is 64.7 Å². The average molecular weight is 517 g/mol. The molecule has 36 heavy (non-hydrogen) atoms. The summed E-state index contributed by atoms with van der Waals surface area (Å²) in [6.07, 6.45) is 3.98. The van der Waals surface area contributed by atoms with Gasteiger partial charge in [-0.25, -0.2) is 19.2 Å². The third-order valence-corrected chi connectivity index (χ3v) is 6.11. The maximum absolute atomic E-state index is 14.5. The molecule has 1 fully saturated rings. The molecule has 1 aromatic heterocycles. The number of hydrogen-bond acceptors (Lipinski definition) is 7. The normalized spacial score (nSPS) is 17.9. The fraction of sp³-hybridized carbons (Fsp3) is 0.423. The van der Waals surface area contributed by atoms with E-state index in [4.69, 9.17) is 25.8 Å². The maximum Gasteiger partial charge on any atom is 0.407 e. The van der Waals surface area contributed by atoms with Crippen LogP contribution in [-0.2, 0) is 4.74 Å². The van der Waals surface area contributed by atoms with Gasteiger partial charge in [-0.3, -0.25) is 0 Å². The molecular weight excluding hydrogens is 487 g/mol. The van der Waals surface area contributed by atoms with Crippen LogP contribution in [0.3, 0.4) is 0 Å². The number of ether oxygens (including phenoxy) is 3. The molecule has 4 rings (SSSR count). The van der Waals surface area contributed by atoms with Crippen LogP contribution in [0.5, 0.6) is 11.5 Å². The largest absolute Gasteiger partial charge is 0.493 e. The van der Waals surface area contributed by atoms with Crippen molar-refractivity contribution in [3.05, 3.63) is 47.5 Å². The van der Waals surface area contributed by atoms with Crippen molar-refractivity contribution in [1.82, 2.24) is 15.3 Å². The highest BCUT2D eigenvalue weighted by atomic mass is 35.5. The van der Waals surface area contributed by atoms with E-state index in [1.165, 1.54) is 12.4 Å². The molecule has 0 spiro atoms. The molecule has 1 amide bonds. The average Bonchev–Trinajstić information content (AvgIpc) is 2.82. The number of benzene rings is 2. The molecule has 2 aromatic carbocycles. The molecule has 192 valence electrons. The van der Waals surface area contributed by atoms with Crippen molar-refractivity contribution in [1.29, 1.82) is 0 Å². The Balaban J connectivity index is 1.49. The Bertz CT molecular complexity index is 1240. The van der Waals surface area contributed by atoms with Crippen molar-refractivity contribution in [2.45, 2.75) is 64.2 Å². The summed E-state index contributed by atoms with van der Waals surface area (Å²) >= 11 is 5.92. The first kappa shape index (κ1) is 25.8. The smallest absolute Gasteiger partial charge is 0.407 e. The van der Waals surface area contributed by atoms with Gasteiger partial charge in [0.25, 0.3) is 0 Å². The molecule has 1 heterocycles. The van der Waals surface area contributed by atoms with Crippen LogP contribution in [0, 0.1) is 5.82 Å². The third-order valence-electron chi connectivity index (χ3n) is 5.81. The molecule has 0 bridgehead atoms. The first-order valence-electron chi connectivity index (χ1n) is 11.8. The lowest BCUT2D eigenvalue weighted by Crippen LogP contribution is -2.42. The fourth-order valence-corrected chi connectivity index (χ4v) is 4.30. The minimum absolute atomic E-state index is 0.0146. The second-order valence-electron chi connectivity index (χ2n) is 9.71. The number of anilines is 2. The summed E-state index contributed by atoms with van der Waals surface area (Å²) in [6.45, 7) is 5.52. The number of nitrogens with one attached hydrogen (secondary N) is 2. The predicted molar refractivity (Wildman–Crippen MR) is 137 cm³/mol. The number of rotatable bonds is 6. The second-order valence-corrected chi connectivity index (χ2v) is 10.1. The molecule has 8 nitrogen and oxygen atoms in total. The van der Waals surface area contributed by atoms with E-state index < -0.39 is 17.5 Å². The molecule has 2 N–H and O–H groups in total. The monoisotopic (exact) mass is 516 g/mol. The lowest BCUT2D eigenvalue weighted by atomic mass is 9.93. The summed E-state index contributed by atoms with van der Waals surface area (Å²) in [7, 11) is 1.57. The Morgan fingerprint density at radius 2 is 1.86 bits per heavy atom. The van der Waals surface area contributed by atoms with Crippen molar-refractivity contribution in [2.24, 2.45) is 0 Å². The van der Waals surface area contributed by atoms with Crippen LogP contribution in [0.2, 0.25) is 5.02 Å². The van der Waals surface area contributed by atoms with Crippen LogP contribution in [0.15, 0.2) is 36.7 Å². The Morgan fingerprint density at radius 1 is 1.11 bits per heavy atom. The zero-order chi connectivity index (χ0) is 25.9. The number of methoxy groups -OCH3 is 1. The van der Waals surface area contributed by atoms with E-state index >= 15 is 0 Å². The lowest BCUT2D eigenvalue weighted by Gasteiger charge is -2.30. The quantitative estimate of drug-likeness (QED) is 0.392. The zero-order valence-electron chi connectivity index (χ0n) is 20.7. The standard InChI is InChI=1S/C26H30ClFN4O4/c1-26(2,3)36-25(33)31-15-8-10-16(11-9-15)35-22-12-17-20(13-21(22)34-4)29-14-30-24(17)32-19-7-5-6-18(27)23(19)28/h5-7,12-16H,8-11H2,1-4H3,(H,31,33)(H,29,30,32). The number of carbonyl (C=O) groups excluding carboxylic acids is 1. The summed E-state index contributed by atoms with van der Waals surface area (Å²) in [4.78, 5) is 20.7. The van der Waals surface area contributed by atoms with Gasteiger partial charge in [0.05, 0.1) is 29.4 Å². The SMILES string of the molecule is COc1cc2ncnc(Nc3cccc(Cl)c3F)c2cc1OC1CCC(NC(=O)OC(C)(C)C)CC1. The Hall–Kier alpha value is -3.33. The third kappa shape index (κ3) is 6.26. The molecular formula is C26H30ClFN4O4. The molecule has 3 aromatic rings. The van der Waals surface area contributed by atoms with Crippen LogP contribution >= 0.6 is 11.6 Å². The van der Waals surface area contributed by atoms with Crippen molar-refractivity contribution in [3.63, 3.8) is 0 Å². The van der Waals surface area contributed by atoms with Gasteiger partial charge in [0.2, 0.25) is 0 Å². The molecule has 0 aliphatic heterocycles. The van der Waals surface area contributed by atoms with Crippen molar-refractivity contribution in [3.8, 4) is 11.5 Å². The highest BCUT2D eigenvalue weighted by molar-refractivity contribution is 6.31. The number of amides is 1. The summed E-state index contributed by atoms with van der Waals surface area (Å²) in [5.41, 5.74) is 0.286. The lowest BCUT2D eigenvalue weighted by molar-refractivity contribution is 0.0470. The number of halogens is 2. The highest BCUT2D eigenvalue weighted by Gasteiger charge is 2.26. The topological polar surface area (TPSA) is 94.6 Å². The van der Waals surface area contributed by atoms with E-state index in [1.807, 2.05) is 20.8 Å². The molecule has 1 aliphatic carbocycles. The molecule has 0 radical (unpaired) electrons. The number of carbonyl (C=O) groups is 1. The molecule has 0 saturated heterocycles. The summed E-state index contributed by atoms with van der Waals surface area (Å²) < 4.78 is 31.7. The van der Waals surface area contributed by atoms with Crippen LogP contribution in [0.25, 0.3) is 10.9 Å². The van der Waals surface area contributed by atoms with Gasteiger partial charge in [-0.1, -0.05) is 17.7 Å². The van der Waals surface area contributed by atoms with Gasteiger partial charge in [-0.2, -0.15) is 0 Å². The van der Waals surface area contributed by atoms with Crippen LogP contribution in [-0.4, -0.2) is 40.9 Å². The highest BCUT2D eigenvalue weighted by Crippen LogP contribution is 2.37. The van der Waals surface area contributed by atoms with E-state index in [2.05, 4.69) is 20.6 Å². The van der Waals surface area contributed by atoms with Crippen LogP contribution < -0.4 is 20.1 Å². The first-order chi connectivity index (χ1) is 17.1. The van der Waals surface area contributed by atoms with E-state index in [1.54, 1.807) is 31.4 Å². The van der Waals surface area contributed by atoms with Crippen molar-refractivity contribution in [2.75, 3.05) is 12.4 Å². The van der Waals surface area contributed by atoms with E-state index in [0.717, 1.165) is 25.7 Å². The molecule has 0 atom stereocenters. The summed E-state index contributed by atoms with van der Waals surface area (Å²) in [5.74, 6) is 0.930. The molecule has 1 aliphatic rings. The second kappa shape index (κ2) is 10.7. The number of fused-ring (bicyclic) bond motifs is 1. The first-order valence-corrected chi connectivity index (χ1v) is 12.2. The fourth-order valence-electron chi connectivity index (χ4n) is 4.12. The van der Waals surface area contributed by atoms with Crippen LogP contribution in [0.1, 0.15) is 46.5 Å². The minimum Gasteiger partial charge on any atom is -0.493 e. The molecule has 0 unspecified atom stereocenters. The Labute approximate surface area is 214 Å². The van der Waals surface area contributed by atoms with Gasteiger partial charge in [0.1, 0.15) is 17.7 Å². The van der Waals surface area contributed by atoms with Gasteiger partial charge in [0.15, 0.2) is 17.3 Å². The Morgan fingerprint density at radius 3 is 2.56 bits per heavy atom. The van der Waals surface area contributed by atoms with E-state index in [-0.39, 0.29) is 22.9 Å². The predicted octanol–water partition coefficient (Wildman–Crippen LogP) is 6.39. The maximum atomic E-state index is 14.5. The Kier molecular flexibility index (Phi) is 7.68. The van der Waals surface area contributed by atoms with Gasteiger partial charge < -0.3 is 24.8 Å². The zero-order valence-corrected chi connectivity index (χ0v) is 21.5. The minimum atomic E-state index is -0.562. The van der Waals surface area contributed by atoms with E-state index in [0.29, 0.717) is 28.2 Å². The van der Waals surface area contributed by atoms with Crippen molar-refractivity contribution >= 4 is 40.1 Å². The number of hydrogen-bond donors (Lipinski definition) is 2. The molecule has 10 heteroatoms. The van der Waals surface area contributed by atoms with Crippen LogP contribution in [0.4, 0.5) is 20.7 Å². The van der Waals surface area contributed by atoms with Gasteiger partial charge in [0, 0.05) is 17.5 Å². The van der Waals surface area contributed by atoms with Gasteiger partial charge in [-0.15, -0.1) is 0 Å². The van der Waals surface area contributed by atoms with Crippen molar-refractivity contribution < 1.29 is 23.4 Å². The summed E-state index contributed by atoms with van der Waals surface area (Å²) in [6, 6.07) is 8.32. The summed E-state index contributed by atoms with van der Waals surface area (Å²) in [5, 5.41) is 6.61. The van der Waals surface area contributed by atoms with E-state index in [9.17, 15) is 9.18 Å². The number of aromatic nitrogens is 2. The van der Waals surface area contributed by atoms with Gasteiger partial charge >= 0.3 is 6.09 Å². The number of nitrogens with zero attached hydrogens (tertiary/aromatic N) is 2. The molecule has 1 saturated carbocycles.